The highest BCUT2D eigenvalue weighted by molar-refractivity contribution is 5.83. The Kier molecular flexibility index (Phi) is 6.47. The zero-order valence-corrected chi connectivity index (χ0v) is 19.7. The summed E-state index contributed by atoms with van der Waals surface area (Å²) >= 11 is 0. The van der Waals surface area contributed by atoms with Crippen molar-refractivity contribution in [3.63, 3.8) is 0 Å². The van der Waals surface area contributed by atoms with E-state index in [1.165, 1.54) is 7.11 Å². The molecule has 2 aromatic rings. The van der Waals surface area contributed by atoms with Crippen LogP contribution < -0.4 is 5.32 Å². The minimum atomic E-state index is -0.847. The molecule has 8 heteroatoms. The summed E-state index contributed by atoms with van der Waals surface area (Å²) in [6, 6.07) is 16.1. The third kappa shape index (κ3) is 4.38. The standard InChI is InChI=1S/C27H30N2O6/c1-34-24(25(30)29-17-10-11-18(29)13-16(12-17)26(31)32)14-28-27(33)35-15-23-21-8-4-2-6-19(21)20-7-3-5-9-22(20)23/h2-9,16-18,23-24H,10-15H2,1H3,(H,28,33)(H,31,32). The van der Waals surface area contributed by atoms with Gasteiger partial charge >= 0.3 is 12.1 Å². The number of ether oxygens (including phenoxy) is 2. The molecular weight excluding hydrogens is 448 g/mol. The Morgan fingerprint density at radius 3 is 2.11 bits per heavy atom. The highest BCUT2D eigenvalue weighted by atomic mass is 16.5. The molecule has 35 heavy (non-hydrogen) atoms. The fraction of sp³-hybridized carbons (Fsp3) is 0.444. The number of hydrogen-bond acceptors (Lipinski definition) is 5. The van der Waals surface area contributed by atoms with Gasteiger partial charge in [0.05, 0.1) is 12.5 Å². The Morgan fingerprint density at radius 1 is 1.00 bits per heavy atom. The quantitative estimate of drug-likeness (QED) is 0.632. The molecule has 3 unspecified atom stereocenters. The number of hydrogen-bond donors (Lipinski definition) is 2. The molecule has 8 nitrogen and oxygen atoms in total. The number of nitrogens with one attached hydrogen (secondary N) is 1. The fourth-order valence-corrected chi connectivity index (χ4v) is 6.00. The number of carbonyl (C=O) groups excluding carboxylic acids is 2. The van der Waals surface area contributed by atoms with Gasteiger partial charge in [0, 0.05) is 25.1 Å². The van der Waals surface area contributed by atoms with Gasteiger partial charge in [0.2, 0.25) is 0 Å². The number of methoxy groups -OCH3 is 1. The highest BCUT2D eigenvalue weighted by Crippen LogP contribution is 2.44. The first-order chi connectivity index (χ1) is 17.0. The molecule has 2 bridgehead atoms. The van der Waals surface area contributed by atoms with E-state index in [9.17, 15) is 19.5 Å². The topological polar surface area (TPSA) is 105 Å². The lowest BCUT2D eigenvalue weighted by atomic mass is 9.90. The molecule has 3 aliphatic rings. The van der Waals surface area contributed by atoms with Crippen LogP contribution in [0.25, 0.3) is 11.1 Å². The van der Waals surface area contributed by atoms with Gasteiger partial charge in [-0.25, -0.2) is 4.79 Å². The predicted molar refractivity (Wildman–Crippen MR) is 128 cm³/mol. The van der Waals surface area contributed by atoms with Gasteiger partial charge in [0.1, 0.15) is 6.61 Å². The fourth-order valence-electron chi connectivity index (χ4n) is 6.00. The molecule has 3 atom stereocenters. The SMILES string of the molecule is COC(CNC(=O)OCC1c2ccccc2-c2ccccc21)C(=O)N1C2CCC1CC(C(=O)O)C2. The number of piperidine rings is 1. The second-order valence-electron chi connectivity index (χ2n) is 9.57. The van der Waals surface area contributed by atoms with E-state index in [0.29, 0.717) is 12.8 Å². The molecule has 2 aromatic carbocycles. The summed E-state index contributed by atoms with van der Waals surface area (Å²) in [5.41, 5.74) is 4.57. The smallest absolute Gasteiger partial charge is 0.407 e. The minimum Gasteiger partial charge on any atom is -0.481 e. The molecule has 2 heterocycles. The van der Waals surface area contributed by atoms with Gasteiger partial charge in [-0.1, -0.05) is 48.5 Å². The van der Waals surface area contributed by atoms with Crippen LogP contribution in [0.2, 0.25) is 0 Å². The molecule has 2 saturated heterocycles. The largest absolute Gasteiger partial charge is 0.481 e. The van der Waals surface area contributed by atoms with E-state index in [4.69, 9.17) is 9.47 Å². The van der Waals surface area contributed by atoms with Crippen molar-refractivity contribution in [2.45, 2.75) is 49.8 Å². The van der Waals surface area contributed by atoms with Gasteiger partial charge in [0.15, 0.2) is 6.10 Å². The molecule has 0 saturated carbocycles. The lowest BCUT2D eigenvalue weighted by Crippen LogP contribution is -2.54. The number of benzene rings is 2. The number of aliphatic carboxylic acids is 1. The first kappa shape index (κ1) is 23.4. The van der Waals surface area contributed by atoms with E-state index in [2.05, 4.69) is 29.6 Å². The monoisotopic (exact) mass is 478 g/mol. The van der Waals surface area contributed by atoms with Crippen LogP contribution in [0.4, 0.5) is 4.79 Å². The van der Waals surface area contributed by atoms with Crippen LogP contribution in [0.1, 0.15) is 42.7 Å². The van der Waals surface area contributed by atoms with Crippen molar-refractivity contribution in [2.75, 3.05) is 20.3 Å². The molecule has 0 spiro atoms. The van der Waals surface area contributed by atoms with Crippen LogP contribution in [0.15, 0.2) is 48.5 Å². The summed E-state index contributed by atoms with van der Waals surface area (Å²) in [5, 5.41) is 12.1. The Labute approximate surface area is 204 Å². The van der Waals surface area contributed by atoms with Crippen LogP contribution in [0, 0.1) is 5.92 Å². The van der Waals surface area contributed by atoms with Gasteiger partial charge in [-0.05, 0) is 47.9 Å². The second kappa shape index (κ2) is 9.70. The zero-order valence-electron chi connectivity index (χ0n) is 19.7. The second-order valence-corrected chi connectivity index (χ2v) is 9.57. The number of amides is 2. The normalized spacial score (nSPS) is 23.3. The van der Waals surface area contributed by atoms with Crippen LogP contribution in [-0.2, 0) is 19.1 Å². The molecule has 5 rings (SSSR count). The summed E-state index contributed by atoms with van der Waals surface area (Å²) in [7, 11) is 1.44. The molecule has 2 amide bonds. The summed E-state index contributed by atoms with van der Waals surface area (Å²) in [6.07, 6.45) is 1.09. The summed E-state index contributed by atoms with van der Waals surface area (Å²) in [5.74, 6) is -1.45. The highest BCUT2D eigenvalue weighted by Gasteiger charge is 2.46. The molecule has 1 aliphatic carbocycles. The van der Waals surface area contributed by atoms with Crippen LogP contribution >= 0.6 is 0 Å². The maximum absolute atomic E-state index is 13.2. The summed E-state index contributed by atoms with van der Waals surface area (Å²) in [4.78, 5) is 38.9. The lowest BCUT2D eigenvalue weighted by Gasteiger charge is -2.39. The van der Waals surface area contributed by atoms with E-state index < -0.39 is 24.1 Å². The minimum absolute atomic E-state index is 0.00962. The van der Waals surface area contributed by atoms with Crippen LogP contribution in [0.3, 0.4) is 0 Å². The van der Waals surface area contributed by atoms with Gasteiger partial charge in [-0.2, -0.15) is 0 Å². The van der Waals surface area contributed by atoms with Gasteiger partial charge in [-0.3, -0.25) is 9.59 Å². The average molecular weight is 479 g/mol. The van der Waals surface area contributed by atoms with Crippen LogP contribution in [0.5, 0.6) is 0 Å². The predicted octanol–water partition coefficient (Wildman–Crippen LogP) is 3.39. The number of alkyl carbamates (subject to hydrolysis) is 1. The molecule has 2 fully saturated rings. The van der Waals surface area contributed by atoms with Crippen molar-refractivity contribution in [3.05, 3.63) is 59.7 Å². The third-order valence-electron chi connectivity index (χ3n) is 7.67. The molecule has 0 radical (unpaired) electrons. The van der Waals surface area contributed by atoms with E-state index in [0.717, 1.165) is 35.1 Å². The van der Waals surface area contributed by atoms with E-state index in [-0.39, 0.29) is 37.1 Å². The Morgan fingerprint density at radius 2 is 1.57 bits per heavy atom. The van der Waals surface area contributed by atoms with Crippen molar-refractivity contribution < 1.29 is 29.0 Å². The summed E-state index contributed by atoms with van der Waals surface area (Å²) in [6.45, 7) is 0.183. The molecule has 0 aromatic heterocycles. The van der Waals surface area contributed by atoms with Crippen molar-refractivity contribution in [1.29, 1.82) is 0 Å². The molecule has 2 aliphatic heterocycles. The van der Waals surface area contributed by atoms with Gasteiger partial charge in [0.25, 0.3) is 5.91 Å². The van der Waals surface area contributed by atoms with E-state index in [1.54, 1.807) is 4.90 Å². The summed E-state index contributed by atoms with van der Waals surface area (Å²) < 4.78 is 11.0. The number of rotatable bonds is 7. The Hall–Kier alpha value is -3.39. The lowest BCUT2D eigenvalue weighted by molar-refractivity contribution is -0.153. The Balaban J connectivity index is 1.17. The maximum atomic E-state index is 13.2. The first-order valence-corrected chi connectivity index (χ1v) is 12.1. The number of carboxylic acid groups (broad SMARTS) is 1. The average Bonchev–Trinajstić information content (AvgIpc) is 3.33. The number of fused-ring (bicyclic) bond motifs is 5. The van der Waals surface area contributed by atoms with Crippen molar-refractivity contribution in [1.82, 2.24) is 10.2 Å². The zero-order chi connectivity index (χ0) is 24.5. The van der Waals surface area contributed by atoms with Crippen molar-refractivity contribution >= 4 is 18.0 Å². The number of carbonyl (C=O) groups is 3. The number of carboxylic acids is 1. The third-order valence-corrected chi connectivity index (χ3v) is 7.67. The molecule has 184 valence electrons. The molecule has 2 N–H and O–H groups in total. The molecular formula is C27H30N2O6. The first-order valence-electron chi connectivity index (χ1n) is 12.1. The maximum Gasteiger partial charge on any atom is 0.407 e. The van der Waals surface area contributed by atoms with E-state index in [1.807, 2.05) is 24.3 Å². The Bertz CT molecular complexity index is 1070. The van der Waals surface area contributed by atoms with Crippen molar-refractivity contribution in [3.8, 4) is 11.1 Å². The van der Waals surface area contributed by atoms with Gasteiger partial charge in [-0.15, -0.1) is 0 Å². The van der Waals surface area contributed by atoms with Crippen LogP contribution in [-0.4, -0.2) is 66.4 Å². The van der Waals surface area contributed by atoms with Gasteiger partial charge < -0.3 is 24.8 Å². The van der Waals surface area contributed by atoms with E-state index >= 15 is 0 Å². The van der Waals surface area contributed by atoms with Crippen molar-refractivity contribution in [2.24, 2.45) is 5.92 Å². The number of nitrogens with zero attached hydrogens (tertiary/aromatic N) is 1.